The summed E-state index contributed by atoms with van der Waals surface area (Å²) in [4.78, 5) is 0. The van der Waals surface area contributed by atoms with E-state index in [1.807, 2.05) is 24.3 Å². The lowest BCUT2D eigenvalue weighted by Gasteiger charge is -2.05. The third-order valence-electron chi connectivity index (χ3n) is 2.97. The van der Waals surface area contributed by atoms with E-state index in [1.54, 1.807) is 48.5 Å². The van der Waals surface area contributed by atoms with Gasteiger partial charge in [0.2, 0.25) is 0 Å². The van der Waals surface area contributed by atoms with Crippen molar-refractivity contribution < 1.29 is 14.6 Å². The van der Waals surface area contributed by atoms with E-state index in [9.17, 15) is 5.11 Å². The maximum atomic E-state index is 9.70. The first-order chi connectivity index (χ1) is 10.3. The molecule has 0 saturated heterocycles. The molecule has 5 nitrogen and oxygen atoms in total. The molecule has 0 amide bonds. The lowest BCUT2D eigenvalue weighted by molar-refractivity contribution is 0.411. The van der Waals surface area contributed by atoms with Crippen LogP contribution < -0.4 is 9.47 Å². The fourth-order valence-electron chi connectivity index (χ4n) is 1.92. The first-order valence-electron chi connectivity index (χ1n) is 6.41. The summed E-state index contributed by atoms with van der Waals surface area (Å²) in [5, 5.41) is 13.9. The minimum atomic E-state index is 0.0895. The summed E-state index contributed by atoms with van der Waals surface area (Å²) in [6.07, 6.45) is 3.33. The van der Waals surface area contributed by atoms with Crippen molar-refractivity contribution >= 4 is 0 Å². The van der Waals surface area contributed by atoms with Crippen molar-refractivity contribution in [2.75, 3.05) is 7.11 Å². The molecule has 0 spiro atoms. The smallest absolute Gasteiger partial charge is 0.169 e. The topological polar surface area (TPSA) is 56.5 Å². The Morgan fingerprint density at radius 3 is 2.71 bits per heavy atom. The highest BCUT2D eigenvalue weighted by Gasteiger charge is 2.06. The second-order valence-electron chi connectivity index (χ2n) is 4.39. The maximum Gasteiger partial charge on any atom is 0.169 e. The Morgan fingerprint density at radius 1 is 1.05 bits per heavy atom. The fraction of sp³-hybridized carbons (Fsp3) is 0.0625. The Labute approximate surface area is 122 Å². The quantitative estimate of drug-likeness (QED) is 0.797. The number of phenolic OH excluding ortho intramolecular Hbond substituents is 1. The monoisotopic (exact) mass is 282 g/mol. The Bertz CT molecular complexity index is 753. The SMILES string of the molecule is COc1cccc(-n2cc(Oc3ccccc3O)cn2)c1. The van der Waals surface area contributed by atoms with Crippen LogP contribution in [0.15, 0.2) is 60.9 Å². The summed E-state index contributed by atoms with van der Waals surface area (Å²) in [5.41, 5.74) is 0.862. The zero-order valence-corrected chi connectivity index (χ0v) is 11.4. The number of para-hydroxylation sites is 2. The normalized spacial score (nSPS) is 10.3. The van der Waals surface area contributed by atoms with Crippen LogP contribution in [0.25, 0.3) is 5.69 Å². The standard InChI is InChI=1S/C16H14N2O3/c1-20-13-6-4-5-12(9-13)18-11-14(10-17-18)21-16-8-3-2-7-15(16)19/h2-11,19H,1H3. The molecule has 0 fully saturated rings. The Balaban J connectivity index is 1.85. The lowest BCUT2D eigenvalue weighted by atomic mass is 10.3. The zero-order chi connectivity index (χ0) is 14.7. The van der Waals surface area contributed by atoms with Gasteiger partial charge in [0.05, 0.1) is 25.2 Å². The van der Waals surface area contributed by atoms with Gasteiger partial charge in [0.1, 0.15) is 5.75 Å². The molecular formula is C16H14N2O3. The van der Waals surface area contributed by atoms with Crippen LogP contribution in [-0.4, -0.2) is 22.0 Å². The van der Waals surface area contributed by atoms with Crippen LogP contribution >= 0.6 is 0 Å². The highest BCUT2D eigenvalue weighted by Crippen LogP contribution is 2.30. The Kier molecular flexibility index (Phi) is 3.47. The molecule has 0 aliphatic rings. The van der Waals surface area contributed by atoms with Crippen LogP contribution in [0.1, 0.15) is 0 Å². The number of rotatable bonds is 4. The number of phenols is 1. The molecule has 3 rings (SSSR count). The molecular weight excluding hydrogens is 268 g/mol. The molecule has 0 saturated carbocycles. The zero-order valence-electron chi connectivity index (χ0n) is 11.4. The summed E-state index contributed by atoms with van der Waals surface area (Å²) in [7, 11) is 1.62. The molecule has 0 unspecified atom stereocenters. The summed E-state index contributed by atoms with van der Waals surface area (Å²) in [5.74, 6) is 1.78. The Morgan fingerprint density at radius 2 is 1.90 bits per heavy atom. The molecule has 0 atom stereocenters. The highest BCUT2D eigenvalue weighted by molar-refractivity contribution is 5.42. The molecule has 1 aromatic heterocycles. The van der Waals surface area contributed by atoms with E-state index in [0.717, 1.165) is 11.4 Å². The van der Waals surface area contributed by atoms with E-state index in [0.29, 0.717) is 11.5 Å². The molecule has 0 aliphatic carbocycles. The molecule has 0 aliphatic heterocycles. The number of benzene rings is 2. The molecule has 21 heavy (non-hydrogen) atoms. The van der Waals surface area contributed by atoms with Crippen molar-refractivity contribution in [3.63, 3.8) is 0 Å². The van der Waals surface area contributed by atoms with Gasteiger partial charge in [-0.15, -0.1) is 0 Å². The maximum absolute atomic E-state index is 9.70. The van der Waals surface area contributed by atoms with Gasteiger partial charge in [-0.1, -0.05) is 18.2 Å². The van der Waals surface area contributed by atoms with Gasteiger partial charge in [0, 0.05) is 6.07 Å². The van der Waals surface area contributed by atoms with Gasteiger partial charge in [0.25, 0.3) is 0 Å². The average Bonchev–Trinajstić information content (AvgIpc) is 2.98. The highest BCUT2D eigenvalue weighted by atomic mass is 16.5. The second-order valence-corrected chi connectivity index (χ2v) is 4.39. The van der Waals surface area contributed by atoms with E-state index < -0.39 is 0 Å². The molecule has 1 N–H and O–H groups in total. The molecule has 5 heteroatoms. The molecule has 0 radical (unpaired) electrons. The summed E-state index contributed by atoms with van der Waals surface area (Å²) in [6.45, 7) is 0. The molecule has 2 aromatic carbocycles. The van der Waals surface area contributed by atoms with Crippen LogP contribution in [0.4, 0.5) is 0 Å². The first-order valence-corrected chi connectivity index (χ1v) is 6.41. The Hall–Kier alpha value is -2.95. The van der Waals surface area contributed by atoms with Crippen molar-refractivity contribution in [3.05, 3.63) is 60.9 Å². The third kappa shape index (κ3) is 2.81. The van der Waals surface area contributed by atoms with Crippen LogP contribution in [0.2, 0.25) is 0 Å². The second kappa shape index (κ2) is 5.58. The summed E-state index contributed by atoms with van der Waals surface area (Å²) in [6, 6.07) is 14.3. The van der Waals surface area contributed by atoms with Crippen molar-refractivity contribution in [1.82, 2.24) is 9.78 Å². The first kappa shape index (κ1) is 13.1. The van der Waals surface area contributed by atoms with Crippen LogP contribution in [0.5, 0.6) is 23.0 Å². The number of aromatic hydroxyl groups is 1. The van der Waals surface area contributed by atoms with E-state index in [4.69, 9.17) is 9.47 Å². The minimum absolute atomic E-state index is 0.0895. The van der Waals surface area contributed by atoms with Crippen LogP contribution in [-0.2, 0) is 0 Å². The number of hydrogen-bond acceptors (Lipinski definition) is 4. The third-order valence-corrected chi connectivity index (χ3v) is 2.97. The van der Waals surface area contributed by atoms with Gasteiger partial charge < -0.3 is 14.6 Å². The predicted octanol–water partition coefficient (Wildman–Crippen LogP) is 3.38. The van der Waals surface area contributed by atoms with Gasteiger partial charge >= 0.3 is 0 Å². The number of nitrogens with zero attached hydrogens (tertiary/aromatic N) is 2. The minimum Gasteiger partial charge on any atom is -0.504 e. The van der Waals surface area contributed by atoms with Crippen LogP contribution in [0, 0.1) is 0 Å². The number of ether oxygens (including phenoxy) is 2. The lowest BCUT2D eigenvalue weighted by Crippen LogP contribution is -1.94. The van der Waals surface area contributed by atoms with E-state index >= 15 is 0 Å². The largest absolute Gasteiger partial charge is 0.504 e. The van der Waals surface area contributed by atoms with Gasteiger partial charge in [0.15, 0.2) is 17.2 Å². The summed E-state index contributed by atoms with van der Waals surface area (Å²) < 4.78 is 12.5. The molecule has 106 valence electrons. The predicted molar refractivity (Wildman–Crippen MR) is 78.3 cm³/mol. The molecule has 3 aromatic rings. The van der Waals surface area contributed by atoms with E-state index in [2.05, 4.69) is 5.10 Å². The molecule has 1 heterocycles. The number of aromatic nitrogens is 2. The van der Waals surface area contributed by atoms with Crippen molar-refractivity contribution in [2.24, 2.45) is 0 Å². The van der Waals surface area contributed by atoms with Crippen LogP contribution in [0.3, 0.4) is 0 Å². The van der Waals surface area contributed by atoms with Gasteiger partial charge in [-0.25, -0.2) is 4.68 Å². The van der Waals surface area contributed by atoms with E-state index in [-0.39, 0.29) is 5.75 Å². The molecule has 0 bridgehead atoms. The van der Waals surface area contributed by atoms with Gasteiger partial charge in [-0.2, -0.15) is 5.10 Å². The summed E-state index contributed by atoms with van der Waals surface area (Å²) >= 11 is 0. The number of methoxy groups -OCH3 is 1. The number of hydrogen-bond donors (Lipinski definition) is 1. The van der Waals surface area contributed by atoms with Gasteiger partial charge in [-0.05, 0) is 24.3 Å². The van der Waals surface area contributed by atoms with Gasteiger partial charge in [-0.3, -0.25) is 0 Å². The van der Waals surface area contributed by atoms with Crippen molar-refractivity contribution in [3.8, 4) is 28.7 Å². The van der Waals surface area contributed by atoms with E-state index in [1.165, 1.54) is 0 Å². The van der Waals surface area contributed by atoms with Crippen molar-refractivity contribution in [2.45, 2.75) is 0 Å². The average molecular weight is 282 g/mol. The van der Waals surface area contributed by atoms with Crippen molar-refractivity contribution in [1.29, 1.82) is 0 Å². The fourth-order valence-corrected chi connectivity index (χ4v) is 1.92.